The van der Waals surface area contributed by atoms with Crippen molar-refractivity contribution in [3.8, 4) is 34.3 Å². The SMILES string of the molecule is CC(=O)O.COc1ccc(COc2cc3c(cn2)CCO3)cc1-c1c(C)cc(OCCCSC)cc1C. The van der Waals surface area contributed by atoms with E-state index in [0.717, 1.165) is 82.8 Å². The lowest BCUT2D eigenvalue weighted by Gasteiger charge is -2.17. The van der Waals surface area contributed by atoms with Gasteiger partial charge in [0.2, 0.25) is 5.88 Å². The predicted octanol–water partition coefficient (Wildman–Crippen LogP) is 6.11. The molecule has 198 valence electrons. The van der Waals surface area contributed by atoms with Crippen LogP contribution in [-0.2, 0) is 17.8 Å². The molecule has 1 aliphatic rings. The zero-order valence-electron chi connectivity index (χ0n) is 22.1. The third-order valence-corrected chi connectivity index (χ3v) is 6.43. The van der Waals surface area contributed by atoms with E-state index in [1.54, 1.807) is 7.11 Å². The minimum Gasteiger partial charge on any atom is -0.496 e. The molecule has 1 aromatic heterocycles. The minimum atomic E-state index is -0.833. The number of nitrogens with zero attached hydrogens (tertiary/aromatic N) is 1. The molecule has 0 bridgehead atoms. The first-order chi connectivity index (χ1) is 17.8. The van der Waals surface area contributed by atoms with Crippen LogP contribution < -0.4 is 18.9 Å². The van der Waals surface area contributed by atoms with E-state index in [4.69, 9.17) is 28.8 Å². The molecule has 1 N–H and O–H groups in total. The standard InChI is InChI=1S/C27H31NO4S.C2H4O2/c1-18-12-22(30-9-5-11-33-4)13-19(2)27(18)23-14-20(6-7-24(23)29-3)17-32-26-15-25-21(16-28-26)8-10-31-25;1-2(3)4/h6-7,12-16H,5,8-11,17H2,1-4H3;1H3,(H,3,4). The highest BCUT2D eigenvalue weighted by molar-refractivity contribution is 7.98. The maximum atomic E-state index is 9.00. The Morgan fingerprint density at radius 1 is 1.14 bits per heavy atom. The number of benzene rings is 2. The van der Waals surface area contributed by atoms with Crippen LogP contribution in [0.1, 0.15) is 35.6 Å². The molecule has 0 radical (unpaired) electrons. The summed E-state index contributed by atoms with van der Waals surface area (Å²) in [6.45, 7) is 7.18. The molecular weight excluding hydrogens is 490 g/mol. The van der Waals surface area contributed by atoms with Crippen LogP contribution in [0.2, 0.25) is 0 Å². The van der Waals surface area contributed by atoms with Crippen molar-refractivity contribution in [3.05, 3.63) is 64.8 Å². The Labute approximate surface area is 223 Å². The topological polar surface area (TPSA) is 87.1 Å². The summed E-state index contributed by atoms with van der Waals surface area (Å²) in [7, 11) is 1.71. The summed E-state index contributed by atoms with van der Waals surface area (Å²) in [6, 6.07) is 12.3. The second-order valence-corrected chi connectivity index (χ2v) is 9.68. The van der Waals surface area contributed by atoms with Crippen LogP contribution in [0.5, 0.6) is 23.1 Å². The molecule has 0 fully saturated rings. The fraction of sp³-hybridized carbons (Fsp3) is 0.379. The van der Waals surface area contributed by atoms with Crippen molar-refractivity contribution in [1.29, 1.82) is 0 Å². The van der Waals surface area contributed by atoms with Gasteiger partial charge in [-0.25, -0.2) is 4.98 Å². The molecule has 3 aromatic rings. The van der Waals surface area contributed by atoms with E-state index < -0.39 is 5.97 Å². The van der Waals surface area contributed by atoms with Gasteiger partial charge in [0.05, 0.1) is 20.3 Å². The van der Waals surface area contributed by atoms with Gasteiger partial charge >= 0.3 is 0 Å². The van der Waals surface area contributed by atoms with Gasteiger partial charge in [0.25, 0.3) is 5.97 Å². The van der Waals surface area contributed by atoms with Gasteiger partial charge in [-0.15, -0.1) is 0 Å². The minimum absolute atomic E-state index is 0.414. The fourth-order valence-electron chi connectivity index (χ4n) is 4.14. The first kappa shape index (κ1) is 28.2. The molecule has 8 heteroatoms. The monoisotopic (exact) mass is 525 g/mol. The maximum absolute atomic E-state index is 9.00. The molecule has 0 atom stereocenters. The van der Waals surface area contributed by atoms with Crippen molar-refractivity contribution in [2.45, 2.75) is 40.2 Å². The van der Waals surface area contributed by atoms with Gasteiger partial charge in [0.1, 0.15) is 23.9 Å². The molecule has 0 aliphatic carbocycles. The molecular formula is C29H35NO6S. The number of fused-ring (bicyclic) bond motifs is 1. The number of aliphatic carboxylic acids is 1. The third kappa shape index (κ3) is 8.05. The summed E-state index contributed by atoms with van der Waals surface area (Å²) >= 11 is 1.84. The highest BCUT2D eigenvalue weighted by Gasteiger charge is 2.16. The summed E-state index contributed by atoms with van der Waals surface area (Å²) < 4.78 is 23.3. The van der Waals surface area contributed by atoms with Crippen LogP contribution in [0.15, 0.2) is 42.6 Å². The third-order valence-electron chi connectivity index (χ3n) is 5.74. The highest BCUT2D eigenvalue weighted by atomic mass is 32.2. The van der Waals surface area contributed by atoms with Gasteiger partial charge in [-0.2, -0.15) is 11.8 Å². The molecule has 2 aromatic carbocycles. The lowest BCUT2D eigenvalue weighted by molar-refractivity contribution is -0.134. The zero-order valence-corrected chi connectivity index (χ0v) is 22.9. The van der Waals surface area contributed by atoms with Gasteiger partial charge in [0, 0.05) is 36.7 Å². The first-order valence-corrected chi connectivity index (χ1v) is 13.6. The molecule has 0 amide bonds. The van der Waals surface area contributed by atoms with Crippen molar-refractivity contribution in [2.24, 2.45) is 0 Å². The number of aromatic nitrogens is 1. The van der Waals surface area contributed by atoms with E-state index >= 15 is 0 Å². The van der Waals surface area contributed by atoms with Crippen LogP contribution in [0.4, 0.5) is 0 Å². The first-order valence-electron chi connectivity index (χ1n) is 12.2. The number of hydrogen-bond donors (Lipinski definition) is 1. The van der Waals surface area contributed by atoms with Crippen molar-refractivity contribution in [1.82, 2.24) is 4.98 Å². The number of carboxylic acids is 1. The number of rotatable bonds is 10. The predicted molar refractivity (Wildman–Crippen MR) is 147 cm³/mol. The number of carbonyl (C=O) groups is 1. The summed E-state index contributed by atoms with van der Waals surface area (Å²) in [5.41, 5.74) is 6.70. The highest BCUT2D eigenvalue weighted by Crippen LogP contribution is 2.37. The molecule has 7 nitrogen and oxygen atoms in total. The number of aryl methyl sites for hydroxylation is 2. The molecule has 0 saturated carbocycles. The van der Waals surface area contributed by atoms with Crippen LogP contribution >= 0.6 is 11.8 Å². The largest absolute Gasteiger partial charge is 0.496 e. The summed E-state index contributed by atoms with van der Waals surface area (Å²) in [5, 5.41) is 7.42. The van der Waals surface area contributed by atoms with Crippen LogP contribution in [0, 0.1) is 13.8 Å². The summed E-state index contributed by atoms with van der Waals surface area (Å²) in [4.78, 5) is 13.4. The normalized spacial score (nSPS) is 11.6. The summed E-state index contributed by atoms with van der Waals surface area (Å²) in [5.74, 6) is 3.47. The Morgan fingerprint density at radius 2 is 1.86 bits per heavy atom. The Balaban J connectivity index is 0.000000886. The second-order valence-electron chi connectivity index (χ2n) is 8.70. The van der Waals surface area contributed by atoms with Crippen molar-refractivity contribution < 1.29 is 28.8 Å². The Hall–Kier alpha value is -3.39. The molecule has 2 heterocycles. The van der Waals surface area contributed by atoms with E-state index in [9.17, 15) is 0 Å². The van der Waals surface area contributed by atoms with E-state index in [1.165, 1.54) is 0 Å². The second kappa shape index (κ2) is 13.8. The van der Waals surface area contributed by atoms with Gasteiger partial charge in [0.15, 0.2) is 0 Å². The smallest absolute Gasteiger partial charge is 0.300 e. The van der Waals surface area contributed by atoms with Crippen molar-refractivity contribution in [3.63, 3.8) is 0 Å². The zero-order chi connectivity index (χ0) is 26.8. The van der Waals surface area contributed by atoms with Crippen LogP contribution in [0.3, 0.4) is 0 Å². The molecule has 4 rings (SSSR count). The Morgan fingerprint density at radius 3 is 2.54 bits per heavy atom. The quantitative estimate of drug-likeness (QED) is 0.317. The molecule has 0 unspecified atom stereocenters. The number of pyridine rings is 1. The maximum Gasteiger partial charge on any atom is 0.300 e. The molecule has 0 spiro atoms. The van der Waals surface area contributed by atoms with E-state index in [1.807, 2.05) is 36.2 Å². The van der Waals surface area contributed by atoms with E-state index in [-0.39, 0.29) is 0 Å². The van der Waals surface area contributed by atoms with Gasteiger partial charge in [-0.1, -0.05) is 6.07 Å². The Kier molecular flexibility index (Phi) is 10.5. The van der Waals surface area contributed by atoms with Gasteiger partial charge in [-0.05, 0) is 78.8 Å². The number of methoxy groups -OCH3 is 1. The number of carboxylic acid groups (broad SMARTS) is 1. The van der Waals surface area contributed by atoms with Gasteiger partial charge in [-0.3, -0.25) is 4.79 Å². The number of thioether (sulfide) groups is 1. The Bertz CT molecular complexity index is 1190. The fourth-order valence-corrected chi connectivity index (χ4v) is 4.55. The van der Waals surface area contributed by atoms with Gasteiger partial charge < -0.3 is 24.1 Å². The average molecular weight is 526 g/mol. The van der Waals surface area contributed by atoms with Crippen molar-refractivity contribution in [2.75, 3.05) is 32.3 Å². The van der Waals surface area contributed by atoms with Crippen molar-refractivity contribution >= 4 is 17.7 Å². The number of hydrogen-bond acceptors (Lipinski definition) is 7. The molecule has 37 heavy (non-hydrogen) atoms. The van der Waals surface area contributed by atoms with E-state index in [2.05, 4.69) is 43.3 Å². The van der Waals surface area contributed by atoms with Crippen LogP contribution in [0.25, 0.3) is 11.1 Å². The number of ether oxygens (including phenoxy) is 4. The molecule has 1 aliphatic heterocycles. The average Bonchev–Trinajstić information content (AvgIpc) is 3.33. The van der Waals surface area contributed by atoms with Crippen LogP contribution in [-0.4, -0.2) is 48.4 Å². The lowest BCUT2D eigenvalue weighted by Crippen LogP contribution is -2.02. The van der Waals surface area contributed by atoms with E-state index in [0.29, 0.717) is 19.1 Å². The summed E-state index contributed by atoms with van der Waals surface area (Å²) in [6.07, 6.45) is 5.91. The lowest BCUT2D eigenvalue weighted by atomic mass is 9.93. The molecule has 0 saturated heterocycles.